The molecule has 4 nitrogen and oxygen atoms in total. The zero-order valence-electron chi connectivity index (χ0n) is 11.5. The first-order valence-electron chi connectivity index (χ1n) is 5.90. The Bertz CT molecular complexity index is 538. The molecule has 0 saturated carbocycles. The molecule has 0 amide bonds. The minimum atomic E-state index is 0. The Labute approximate surface area is 145 Å². The van der Waals surface area contributed by atoms with E-state index in [0.29, 0.717) is 22.5 Å². The number of hydrogen-bond donors (Lipinski definition) is 1. The summed E-state index contributed by atoms with van der Waals surface area (Å²) in [6.45, 7) is 2.80. The van der Waals surface area contributed by atoms with Crippen LogP contribution >= 0.6 is 47.3 Å². The predicted octanol–water partition coefficient (Wildman–Crippen LogP) is 3.92. The van der Waals surface area contributed by atoms with Crippen molar-refractivity contribution in [3.63, 3.8) is 0 Å². The van der Waals surface area contributed by atoms with E-state index in [1.54, 1.807) is 18.2 Å². The van der Waals surface area contributed by atoms with Crippen LogP contribution in [0.5, 0.6) is 5.75 Å². The highest BCUT2D eigenvalue weighted by Gasteiger charge is 2.28. The zero-order valence-corrected chi connectivity index (χ0v) is 15.4. The highest BCUT2D eigenvalue weighted by Crippen LogP contribution is 2.32. The summed E-state index contributed by atoms with van der Waals surface area (Å²) in [5.41, 5.74) is 1.82. The number of nitrogens with one attached hydrogen (secondary N) is 1. The quantitative estimate of drug-likeness (QED) is 0.444. The topological polar surface area (TPSA) is 48.7 Å². The van der Waals surface area contributed by atoms with Crippen LogP contribution in [-0.4, -0.2) is 35.8 Å². The lowest BCUT2D eigenvalue weighted by Gasteiger charge is -2.12. The summed E-state index contributed by atoms with van der Waals surface area (Å²) in [6, 6.07) is 5.63. The van der Waals surface area contributed by atoms with Gasteiger partial charge in [0.2, 0.25) is 0 Å². The number of rotatable bonds is 2. The summed E-state index contributed by atoms with van der Waals surface area (Å²) in [5, 5.41) is 15.1. The van der Waals surface area contributed by atoms with Gasteiger partial charge in [0.15, 0.2) is 5.17 Å². The Morgan fingerprint density at radius 1 is 1.55 bits per heavy atom. The van der Waals surface area contributed by atoms with Crippen LogP contribution in [0.25, 0.3) is 0 Å². The van der Waals surface area contributed by atoms with Crippen LogP contribution < -0.4 is 4.74 Å². The third-order valence-electron chi connectivity index (χ3n) is 3.02. The number of methoxy groups -OCH3 is 1. The Balaban J connectivity index is 0.00000200. The van der Waals surface area contributed by atoms with Gasteiger partial charge < -0.3 is 4.74 Å². The van der Waals surface area contributed by atoms with E-state index in [-0.39, 0.29) is 29.9 Å². The second-order valence-electron chi connectivity index (χ2n) is 4.30. The van der Waals surface area contributed by atoms with Crippen molar-refractivity contribution in [3.8, 4) is 5.75 Å². The molecule has 20 heavy (non-hydrogen) atoms. The number of hydrazone groups is 1. The summed E-state index contributed by atoms with van der Waals surface area (Å²) in [6.07, 6.45) is 1.88. The third-order valence-corrected chi connectivity index (χ3v) is 3.91. The first kappa shape index (κ1) is 17.6. The molecule has 1 N–H and O–H groups in total. The molecule has 7 heteroatoms. The molecule has 1 aliphatic rings. The van der Waals surface area contributed by atoms with Gasteiger partial charge in [-0.25, -0.2) is 5.01 Å². The number of thioether (sulfide) groups is 1. The fourth-order valence-corrected chi connectivity index (χ4v) is 2.66. The highest BCUT2D eigenvalue weighted by atomic mass is 127. The van der Waals surface area contributed by atoms with Crippen LogP contribution in [-0.2, 0) is 0 Å². The largest absolute Gasteiger partial charge is 0.494 e. The Morgan fingerprint density at radius 2 is 2.25 bits per heavy atom. The highest BCUT2D eigenvalue weighted by molar-refractivity contribution is 14.0. The average molecular weight is 426 g/mol. The summed E-state index contributed by atoms with van der Waals surface area (Å²) >= 11 is 7.52. The van der Waals surface area contributed by atoms with E-state index in [9.17, 15) is 0 Å². The van der Waals surface area contributed by atoms with Crippen molar-refractivity contribution >= 4 is 58.2 Å². The van der Waals surface area contributed by atoms with Gasteiger partial charge in [-0.3, -0.25) is 5.41 Å². The van der Waals surface area contributed by atoms with E-state index in [0.717, 1.165) is 11.3 Å². The summed E-state index contributed by atoms with van der Waals surface area (Å²) in [7, 11) is 1.60. The number of benzene rings is 1. The molecule has 0 aromatic heterocycles. The number of ether oxygens (including phenoxy) is 1. The molecule has 1 heterocycles. The molecule has 0 bridgehead atoms. The standard InChI is InChI=1S/C13H16ClN3OS.HI/c1-8-7-17(13(15)19-3)16-11(8)9-5-4-6-10(14)12(9)18-2;/h4-6,8,15H,7H2,1-3H3;1H. The second-order valence-corrected chi connectivity index (χ2v) is 5.50. The molecule has 2 rings (SSSR count). The number of halogens is 2. The second kappa shape index (κ2) is 7.51. The maximum Gasteiger partial charge on any atom is 0.176 e. The fraction of sp³-hybridized carbons (Fsp3) is 0.385. The molecule has 0 saturated heterocycles. The van der Waals surface area contributed by atoms with Gasteiger partial charge in [0.1, 0.15) is 5.75 Å². The minimum Gasteiger partial charge on any atom is -0.494 e. The van der Waals surface area contributed by atoms with Gasteiger partial charge in [0, 0.05) is 11.5 Å². The maximum atomic E-state index is 7.84. The van der Waals surface area contributed by atoms with Gasteiger partial charge in [0.25, 0.3) is 0 Å². The molecule has 1 atom stereocenters. The first-order chi connectivity index (χ1) is 9.08. The van der Waals surface area contributed by atoms with Crippen molar-refractivity contribution in [2.45, 2.75) is 6.92 Å². The lowest BCUT2D eigenvalue weighted by molar-refractivity contribution is 0.414. The molecule has 1 aliphatic heterocycles. The normalized spacial score (nSPS) is 17.5. The fourth-order valence-electron chi connectivity index (χ4n) is 2.09. The van der Waals surface area contributed by atoms with Crippen LogP contribution in [0.2, 0.25) is 5.02 Å². The number of amidine groups is 1. The number of nitrogens with zero attached hydrogens (tertiary/aromatic N) is 2. The van der Waals surface area contributed by atoms with Crippen LogP contribution in [0.4, 0.5) is 0 Å². The van der Waals surface area contributed by atoms with E-state index in [4.69, 9.17) is 21.7 Å². The summed E-state index contributed by atoms with van der Waals surface area (Å²) in [4.78, 5) is 0. The van der Waals surface area contributed by atoms with Gasteiger partial charge in [-0.05, 0) is 18.4 Å². The van der Waals surface area contributed by atoms with Crippen molar-refractivity contribution in [3.05, 3.63) is 28.8 Å². The average Bonchev–Trinajstić information content (AvgIpc) is 2.79. The van der Waals surface area contributed by atoms with Gasteiger partial charge in [0.05, 0.1) is 24.4 Å². The van der Waals surface area contributed by atoms with E-state index in [1.807, 2.05) is 18.4 Å². The summed E-state index contributed by atoms with van der Waals surface area (Å²) in [5.74, 6) is 0.882. The van der Waals surface area contributed by atoms with E-state index in [1.165, 1.54) is 11.8 Å². The van der Waals surface area contributed by atoms with Crippen molar-refractivity contribution < 1.29 is 4.74 Å². The molecule has 0 spiro atoms. The predicted molar refractivity (Wildman–Crippen MR) is 97.1 cm³/mol. The lowest BCUT2D eigenvalue weighted by Crippen LogP contribution is -2.22. The van der Waals surface area contributed by atoms with E-state index < -0.39 is 0 Å². The SMILES string of the molecule is COc1c(Cl)cccc1C1=NN(C(=N)SC)CC1C.I. The molecule has 1 aromatic carbocycles. The maximum absolute atomic E-state index is 7.84. The van der Waals surface area contributed by atoms with Crippen LogP contribution in [0.3, 0.4) is 0 Å². The van der Waals surface area contributed by atoms with Crippen LogP contribution in [0.1, 0.15) is 12.5 Å². The zero-order chi connectivity index (χ0) is 14.0. The minimum absolute atomic E-state index is 0. The van der Waals surface area contributed by atoms with Gasteiger partial charge in [-0.15, -0.1) is 24.0 Å². The van der Waals surface area contributed by atoms with E-state index in [2.05, 4.69) is 12.0 Å². The Kier molecular flexibility index (Phi) is 6.60. The molecule has 0 radical (unpaired) electrons. The van der Waals surface area contributed by atoms with Crippen LogP contribution in [0, 0.1) is 11.3 Å². The van der Waals surface area contributed by atoms with Crippen molar-refractivity contribution in [2.75, 3.05) is 19.9 Å². The molecule has 0 aliphatic carbocycles. The van der Waals surface area contributed by atoms with Gasteiger partial charge in [-0.1, -0.05) is 36.4 Å². The van der Waals surface area contributed by atoms with Gasteiger partial charge in [-0.2, -0.15) is 5.10 Å². The molecule has 1 unspecified atom stereocenters. The van der Waals surface area contributed by atoms with Crippen molar-refractivity contribution in [1.29, 1.82) is 5.41 Å². The van der Waals surface area contributed by atoms with Gasteiger partial charge >= 0.3 is 0 Å². The summed E-state index contributed by atoms with van der Waals surface area (Å²) < 4.78 is 5.37. The molecule has 1 aromatic rings. The molecular formula is C13H17ClIN3OS. The first-order valence-corrected chi connectivity index (χ1v) is 7.50. The Morgan fingerprint density at radius 3 is 2.85 bits per heavy atom. The molecule has 110 valence electrons. The van der Waals surface area contributed by atoms with Crippen LogP contribution in [0.15, 0.2) is 23.3 Å². The monoisotopic (exact) mass is 425 g/mol. The van der Waals surface area contributed by atoms with E-state index >= 15 is 0 Å². The van der Waals surface area contributed by atoms with Crippen molar-refractivity contribution in [2.24, 2.45) is 11.0 Å². The third kappa shape index (κ3) is 3.40. The number of para-hydroxylation sites is 1. The molecule has 0 fully saturated rings. The smallest absolute Gasteiger partial charge is 0.176 e. The number of hydrogen-bond acceptors (Lipinski definition) is 4. The Hall–Kier alpha value is -0.470. The van der Waals surface area contributed by atoms with Crippen molar-refractivity contribution in [1.82, 2.24) is 5.01 Å². The lowest BCUT2D eigenvalue weighted by atomic mass is 9.98. The molecular weight excluding hydrogens is 409 g/mol.